The predicted octanol–water partition coefficient (Wildman–Crippen LogP) is 4.66. The quantitative estimate of drug-likeness (QED) is 0.548. The van der Waals surface area contributed by atoms with Gasteiger partial charge in [0.2, 0.25) is 0 Å². The van der Waals surface area contributed by atoms with E-state index >= 15 is 0 Å². The summed E-state index contributed by atoms with van der Waals surface area (Å²) in [6.07, 6.45) is -1.74. The number of alkyl halides is 3. The monoisotopic (exact) mass is 395 g/mol. The molecule has 4 rings (SSSR count). The van der Waals surface area contributed by atoms with E-state index in [2.05, 4.69) is 4.98 Å². The van der Waals surface area contributed by atoms with Crippen LogP contribution in [-0.2, 0) is 20.5 Å². The molecule has 4 nitrogen and oxygen atoms in total. The molecule has 1 spiro atoms. The number of Topliss-reactive ketones (excluding diaryl/α,β-unsaturated/α-hetero) is 1. The molecule has 2 aromatic rings. The summed E-state index contributed by atoms with van der Waals surface area (Å²) >= 11 is 1.17. The maximum atomic E-state index is 13.0. The van der Waals surface area contributed by atoms with E-state index in [1.54, 1.807) is 6.92 Å². The molecule has 142 valence electrons. The first-order chi connectivity index (χ1) is 12.7. The van der Waals surface area contributed by atoms with Crippen molar-refractivity contribution in [3.05, 3.63) is 40.4 Å². The second kappa shape index (κ2) is 6.15. The fourth-order valence-corrected chi connectivity index (χ4v) is 4.78. The van der Waals surface area contributed by atoms with E-state index in [-0.39, 0.29) is 5.78 Å². The lowest BCUT2D eigenvalue weighted by atomic mass is 9.89. The third-order valence-electron chi connectivity index (χ3n) is 5.20. The number of ketones is 1. The summed E-state index contributed by atoms with van der Waals surface area (Å²) < 4.78 is 44.3. The maximum absolute atomic E-state index is 13.0. The van der Waals surface area contributed by atoms with Crippen LogP contribution in [0.4, 0.5) is 13.2 Å². The van der Waals surface area contributed by atoms with Crippen molar-refractivity contribution in [1.29, 1.82) is 0 Å². The van der Waals surface area contributed by atoms with Crippen LogP contribution in [0.3, 0.4) is 0 Å². The van der Waals surface area contributed by atoms with Gasteiger partial charge in [0, 0.05) is 10.4 Å². The van der Waals surface area contributed by atoms with Crippen LogP contribution < -0.4 is 0 Å². The Hall–Kier alpha value is -2.22. The van der Waals surface area contributed by atoms with Gasteiger partial charge in [0.25, 0.3) is 0 Å². The van der Waals surface area contributed by atoms with Crippen LogP contribution in [0, 0.1) is 6.92 Å². The summed E-state index contributed by atoms with van der Waals surface area (Å²) in [5.41, 5.74) is -1.20. The molecular formula is C19H16F3NO3S. The Labute approximate surface area is 157 Å². The Morgan fingerprint density at radius 3 is 2.59 bits per heavy atom. The molecule has 1 aromatic heterocycles. The SMILES string of the molecule is Cc1sc(-c2cccc(C(F)(F)F)c2)nc1C1C(=O)OC2(CCCC2)C1=O. The molecule has 8 heteroatoms. The van der Waals surface area contributed by atoms with Crippen molar-refractivity contribution >= 4 is 23.1 Å². The second-order valence-corrected chi connectivity index (χ2v) is 8.16. The molecule has 2 fully saturated rings. The van der Waals surface area contributed by atoms with Crippen molar-refractivity contribution in [1.82, 2.24) is 4.98 Å². The van der Waals surface area contributed by atoms with Crippen molar-refractivity contribution in [3.8, 4) is 10.6 Å². The van der Waals surface area contributed by atoms with Gasteiger partial charge in [-0.3, -0.25) is 9.59 Å². The largest absolute Gasteiger partial charge is 0.450 e. The number of esters is 1. The molecule has 27 heavy (non-hydrogen) atoms. The van der Waals surface area contributed by atoms with Gasteiger partial charge in [-0.2, -0.15) is 13.2 Å². The molecule has 1 atom stereocenters. The molecule has 0 bridgehead atoms. The standard InChI is InChI=1S/C19H16F3NO3S/c1-10-14(13-15(24)18(26-17(13)25)7-2-3-8-18)23-16(27-10)11-5-4-6-12(9-11)19(20,21)22/h4-6,9,13H,2-3,7-8H2,1H3. The van der Waals surface area contributed by atoms with Crippen molar-refractivity contribution in [2.45, 2.75) is 50.3 Å². The molecule has 1 aromatic carbocycles. The van der Waals surface area contributed by atoms with E-state index < -0.39 is 29.2 Å². The van der Waals surface area contributed by atoms with Gasteiger partial charge in [0.15, 0.2) is 17.3 Å². The number of carbonyl (C=O) groups is 2. The van der Waals surface area contributed by atoms with Crippen LogP contribution >= 0.6 is 11.3 Å². The Balaban J connectivity index is 1.71. The summed E-state index contributed by atoms with van der Waals surface area (Å²) in [5.74, 6) is -1.96. The van der Waals surface area contributed by atoms with E-state index in [1.807, 2.05) is 0 Å². The van der Waals surface area contributed by atoms with E-state index in [4.69, 9.17) is 4.74 Å². The highest BCUT2D eigenvalue weighted by atomic mass is 32.1. The first kappa shape index (κ1) is 18.2. The number of halogens is 3. The molecule has 2 heterocycles. The van der Waals surface area contributed by atoms with Crippen LogP contribution in [0.15, 0.2) is 24.3 Å². The number of ether oxygens (including phenoxy) is 1. The predicted molar refractivity (Wildman–Crippen MR) is 92.3 cm³/mol. The number of hydrogen-bond donors (Lipinski definition) is 0. The molecule has 0 amide bonds. The Kier molecular flexibility index (Phi) is 4.14. The number of rotatable bonds is 2. The lowest BCUT2D eigenvalue weighted by Crippen LogP contribution is -2.33. The maximum Gasteiger partial charge on any atom is 0.416 e. The van der Waals surface area contributed by atoms with Crippen molar-refractivity contribution < 1.29 is 27.5 Å². The van der Waals surface area contributed by atoms with Gasteiger partial charge in [0.05, 0.1) is 11.3 Å². The summed E-state index contributed by atoms with van der Waals surface area (Å²) in [6.45, 7) is 1.71. The molecule has 1 aliphatic carbocycles. The number of aromatic nitrogens is 1. The fraction of sp³-hybridized carbons (Fsp3) is 0.421. The van der Waals surface area contributed by atoms with E-state index in [9.17, 15) is 22.8 Å². The second-order valence-electron chi connectivity index (χ2n) is 6.96. The summed E-state index contributed by atoms with van der Waals surface area (Å²) in [5, 5.41) is 0.349. The van der Waals surface area contributed by atoms with E-state index in [0.29, 0.717) is 34.0 Å². The number of nitrogens with zero attached hydrogens (tertiary/aromatic N) is 1. The molecule has 1 aliphatic heterocycles. The fourth-order valence-electron chi connectivity index (χ4n) is 3.83. The van der Waals surface area contributed by atoms with Crippen LogP contribution in [0.1, 0.15) is 47.7 Å². The zero-order valence-electron chi connectivity index (χ0n) is 14.4. The Morgan fingerprint density at radius 1 is 1.22 bits per heavy atom. The minimum atomic E-state index is -4.45. The van der Waals surface area contributed by atoms with Gasteiger partial charge in [-0.1, -0.05) is 12.1 Å². The van der Waals surface area contributed by atoms with Crippen molar-refractivity contribution in [2.24, 2.45) is 0 Å². The van der Waals surface area contributed by atoms with Crippen molar-refractivity contribution in [2.75, 3.05) is 0 Å². The summed E-state index contributed by atoms with van der Waals surface area (Å²) in [4.78, 5) is 30.3. The number of thiazole rings is 1. The van der Waals surface area contributed by atoms with Crippen LogP contribution in [0.2, 0.25) is 0 Å². The van der Waals surface area contributed by atoms with E-state index in [1.165, 1.54) is 23.5 Å². The van der Waals surface area contributed by atoms with Gasteiger partial charge in [-0.15, -0.1) is 11.3 Å². The average molecular weight is 395 g/mol. The number of benzene rings is 1. The van der Waals surface area contributed by atoms with Crippen molar-refractivity contribution in [3.63, 3.8) is 0 Å². The highest BCUT2D eigenvalue weighted by Gasteiger charge is 2.57. The zero-order valence-corrected chi connectivity index (χ0v) is 15.2. The van der Waals surface area contributed by atoms with Crippen LogP contribution in [-0.4, -0.2) is 22.3 Å². The smallest absolute Gasteiger partial charge is 0.416 e. The first-order valence-corrected chi connectivity index (χ1v) is 9.45. The third kappa shape index (κ3) is 2.96. The van der Waals surface area contributed by atoms with Gasteiger partial charge in [-0.25, -0.2) is 4.98 Å². The lowest BCUT2D eigenvalue weighted by molar-refractivity contribution is -0.151. The van der Waals surface area contributed by atoms with Gasteiger partial charge >= 0.3 is 12.1 Å². The zero-order chi connectivity index (χ0) is 19.4. The van der Waals surface area contributed by atoms with Gasteiger partial charge < -0.3 is 4.74 Å². The molecular weight excluding hydrogens is 379 g/mol. The first-order valence-electron chi connectivity index (χ1n) is 8.63. The molecule has 2 aliphatic rings. The Morgan fingerprint density at radius 2 is 1.93 bits per heavy atom. The average Bonchev–Trinajstić information content (AvgIpc) is 3.28. The molecule has 0 N–H and O–H groups in total. The molecule has 0 radical (unpaired) electrons. The number of carbonyl (C=O) groups excluding carboxylic acids is 2. The van der Waals surface area contributed by atoms with Crippen LogP contribution in [0.25, 0.3) is 10.6 Å². The summed E-state index contributed by atoms with van der Waals surface area (Å²) in [6, 6.07) is 4.86. The third-order valence-corrected chi connectivity index (χ3v) is 6.23. The van der Waals surface area contributed by atoms with Crippen LogP contribution in [0.5, 0.6) is 0 Å². The van der Waals surface area contributed by atoms with Gasteiger partial charge in [-0.05, 0) is 44.7 Å². The van der Waals surface area contributed by atoms with E-state index in [0.717, 1.165) is 25.0 Å². The van der Waals surface area contributed by atoms with Gasteiger partial charge in [0.1, 0.15) is 5.01 Å². The highest BCUT2D eigenvalue weighted by molar-refractivity contribution is 7.15. The number of aryl methyl sites for hydroxylation is 1. The lowest BCUT2D eigenvalue weighted by Gasteiger charge is -2.18. The topological polar surface area (TPSA) is 56.3 Å². The highest BCUT2D eigenvalue weighted by Crippen LogP contribution is 2.46. The summed E-state index contributed by atoms with van der Waals surface area (Å²) in [7, 11) is 0. The Bertz CT molecular complexity index is 929. The molecule has 1 saturated carbocycles. The minimum Gasteiger partial charge on any atom is -0.450 e. The molecule has 1 saturated heterocycles. The number of hydrogen-bond acceptors (Lipinski definition) is 5. The minimum absolute atomic E-state index is 0.269. The normalized spacial score (nSPS) is 21.9. The molecule has 1 unspecified atom stereocenters.